The molecule has 2 aromatic carbocycles. The predicted molar refractivity (Wildman–Crippen MR) is 133 cm³/mol. The van der Waals surface area contributed by atoms with E-state index in [1.807, 2.05) is 4.72 Å². The van der Waals surface area contributed by atoms with Crippen molar-refractivity contribution in [1.29, 1.82) is 5.26 Å². The summed E-state index contributed by atoms with van der Waals surface area (Å²) < 4.78 is 69.2. The molecule has 2 aromatic rings. The number of hydrogen-bond donors (Lipinski definition) is 4. The summed E-state index contributed by atoms with van der Waals surface area (Å²) in [6.45, 7) is 7.92. The van der Waals surface area contributed by atoms with Crippen molar-refractivity contribution in [3.63, 3.8) is 0 Å². The Kier molecular flexibility index (Phi) is 8.69. The minimum atomic E-state index is -4.85. The highest BCUT2D eigenvalue weighted by Gasteiger charge is 2.30. The van der Waals surface area contributed by atoms with Crippen molar-refractivity contribution in [2.75, 3.05) is 12.4 Å². The molecule has 14 heteroatoms. The maximum atomic E-state index is 15.0. The SMILES string of the molecule is CNS(=O)(=O)c1cc(C)c(S(=O)(=O)NC(=O)Nc2c(C(C)C)cc(C#N)c(F)c2C(C)C)c(C(=O)O)c1. The number of sulfonamides is 2. The molecule has 0 unspecified atom stereocenters. The first kappa shape index (κ1) is 29.7. The number of hydrogen-bond acceptors (Lipinski definition) is 7. The van der Waals surface area contributed by atoms with Crippen molar-refractivity contribution in [3.8, 4) is 6.07 Å². The van der Waals surface area contributed by atoms with Crippen LogP contribution >= 0.6 is 0 Å². The molecule has 0 aliphatic rings. The zero-order chi connectivity index (χ0) is 28.5. The average Bonchev–Trinajstić information content (AvgIpc) is 2.77. The molecular formula is C23H27FN4O7S2. The van der Waals surface area contributed by atoms with Gasteiger partial charge in [0.1, 0.15) is 16.8 Å². The molecule has 0 aliphatic carbocycles. The normalized spacial score (nSPS) is 11.9. The van der Waals surface area contributed by atoms with E-state index in [-0.39, 0.29) is 28.3 Å². The Morgan fingerprint density at radius 1 is 1.03 bits per heavy atom. The molecule has 200 valence electrons. The lowest BCUT2D eigenvalue weighted by Gasteiger charge is -2.22. The molecular weight excluding hydrogens is 527 g/mol. The molecule has 0 heterocycles. The van der Waals surface area contributed by atoms with Gasteiger partial charge in [-0.15, -0.1) is 0 Å². The molecule has 0 spiro atoms. The van der Waals surface area contributed by atoms with Crippen molar-refractivity contribution >= 4 is 37.7 Å². The van der Waals surface area contributed by atoms with Gasteiger partial charge in [-0.25, -0.2) is 40.3 Å². The van der Waals surface area contributed by atoms with Crippen LogP contribution in [0, 0.1) is 24.1 Å². The highest BCUT2D eigenvalue weighted by atomic mass is 32.2. The number of amides is 2. The summed E-state index contributed by atoms with van der Waals surface area (Å²) in [5, 5.41) is 21.2. The van der Waals surface area contributed by atoms with Gasteiger partial charge in [0.2, 0.25) is 10.0 Å². The quantitative estimate of drug-likeness (QED) is 0.383. The fourth-order valence-corrected chi connectivity index (χ4v) is 5.92. The van der Waals surface area contributed by atoms with Crippen LogP contribution in [0.15, 0.2) is 28.0 Å². The second-order valence-electron chi connectivity index (χ2n) is 8.73. The van der Waals surface area contributed by atoms with Gasteiger partial charge in [0, 0.05) is 5.56 Å². The number of carbonyl (C=O) groups excluding carboxylic acids is 1. The van der Waals surface area contributed by atoms with Crippen molar-refractivity contribution in [3.05, 3.63) is 51.8 Å². The lowest BCUT2D eigenvalue weighted by atomic mass is 9.90. The predicted octanol–water partition coefficient (Wildman–Crippen LogP) is 3.37. The summed E-state index contributed by atoms with van der Waals surface area (Å²) in [7, 11) is -7.85. The first-order valence-corrected chi connectivity index (χ1v) is 13.9. The Labute approximate surface area is 214 Å². The highest BCUT2D eigenvalue weighted by molar-refractivity contribution is 7.90. The molecule has 11 nitrogen and oxygen atoms in total. The molecule has 0 aromatic heterocycles. The Morgan fingerprint density at radius 2 is 1.62 bits per heavy atom. The Morgan fingerprint density at radius 3 is 2.08 bits per heavy atom. The Balaban J connectivity index is 2.62. The number of halogens is 1. The van der Waals surface area contributed by atoms with Crippen LogP contribution in [0.1, 0.15) is 72.1 Å². The van der Waals surface area contributed by atoms with Gasteiger partial charge in [0.25, 0.3) is 10.0 Å². The van der Waals surface area contributed by atoms with Gasteiger partial charge < -0.3 is 10.4 Å². The minimum Gasteiger partial charge on any atom is -0.478 e. The molecule has 2 amide bonds. The summed E-state index contributed by atoms with van der Waals surface area (Å²) >= 11 is 0. The lowest BCUT2D eigenvalue weighted by molar-refractivity contribution is 0.0692. The van der Waals surface area contributed by atoms with Crippen LogP contribution in [0.4, 0.5) is 14.9 Å². The molecule has 37 heavy (non-hydrogen) atoms. The van der Waals surface area contributed by atoms with Crippen LogP contribution in [0.25, 0.3) is 0 Å². The van der Waals surface area contributed by atoms with Gasteiger partial charge in [-0.1, -0.05) is 27.7 Å². The number of rotatable bonds is 8. The number of nitrogens with zero attached hydrogens (tertiary/aromatic N) is 1. The average molecular weight is 555 g/mol. The van der Waals surface area contributed by atoms with E-state index in [4.69, 9.17) is 0 Å². The topological polar surface area (TPSA) is 183 Å². The van der Waals surface area contributed by atoms with Gasteiger partial charge in [0.05, 0.1) is 21.7 Å². The number of carboxylic acids is 1. The maximum Gasteiger partial charge on any atom is 0.337 e. The van der Waals surface area contributed by atoms with Crippen molar-refractivity contribution in [2.45, 2.75) is 56.2 Å². The third-order valence-corrected chi connectivity index (χ3v) is 8.37. The molecule has 2 rings (SSSR count). The Bertz CT molecular complexity index is 1530. The second-order valence-corrected chi connectivity index (χ2v) is 12.2. The first-order valence-electron chi connectivity index (χ1n) is 10.9. The zero-order valence-corrected chi connectivity index (χ0v) is 22.6. The summed E-state index contributed by atoms with van der Waals surface area (Å²) in [6.07, 6.45) is 0. The summed E-state index contributed by atoms with van der Waals surface area (Å²) in [5.74, 6) is -3.39. The first-order chi connectivity index (χ1) is 17.0. The highest BCUT2D eigenvalue weighted by Crippen LogP contribution is 2.36. The maximum absolute atomic E-state index is 15.0. The molecule has 4 N–H and O–H groups in total. The molecule has 0 saturated heterocycles. The Hall–Kier alpha value is -3.54. The molecule has 0 saturated carbocycles. The largest absolute Gasteiger partial charge is 0.478 e. The van der Waals surface area contributed by atoms with Crippen LogP contribution in [-0.2, 0) is 20.0 Å². The van der Waals surface area contributed by atoms with Crippen molar-refractivity contribution in [2.24, 2.45) is 0 Å². The number of carbonyl (C=O) groups is 2. The molecule has 0 aliphatic heterocycles. The van der Waals surface area contributed by atoms with Crippen LogP contribution < -0.4 is 14.8 Å². The standard InChI is InChI=1S/C23H27FN4O7S2/c1-11(2)16-8-14(10-25)19(24)18(12(3)4)20(16)27-23(31)28-37(34,35)21-13(5)7-15(36(32,33)26-6)9-17(21)22(29)30/h7-9,11-12,26H,1-6H3,(H,29,30)(H2,27,28,31). The number of aryl methyl sites for hydroxylation is 1. The van der Waals surface area contributed by atoms with Crippen LogP contribution in [0.3, 0.4) is 0 Å². The number of nitriles is 1. The van der Waals surface area contributed by atoms with Gasteiger partial charge >= 0.3 is 12.0 Å². The number of nitrogens with one attached hydrogen (secondary N) is 3. The van der Waals surface area contributed by atoms with Crippen LogP contribution in [0.5, 0.6) is 0 Å². The fourth-order valence-electron chi connectivity index (χ4n) is 3.76. The number of carboxylic acid groups (broad SMARTS) is 1. The van der Waals surface area contributed by atoms with E-state index in [1.165, 1.54) is 13.0 Å². The number of urea groups is 1. The van der Waals surface area contributed by atoms with Crippen molar-refractivity contribution in [1.82, 2.24) is 9.44 Å². The number of aromatic carboxylic acids is 1. The van der Waals surface area contributed by atoms with E-state index in [0.29, 0.717) is 11.6 Å². The molecule has 0 radical (unpaired) electrons. The summed E-state index contributed by atoms with van der Waals surface area (Å²) in [5.41, 5.74) is -0.977. The van der Waals surface area contributed by atoms with E-state index in [9.17, 15) is 36.8 Å². The lowest BCUT2D eigenvalue weighted by Crippen LogP contribution is -2.36. The summed E-state index contributed by atoms with van der Waals surface area (Å²) in [6, 6.07) is 3.34. The van der Waals surface area contributed by atoms with Gasteiger partial charge in [0.15, 0.2) is 0 Å². The van der Waals surface area contributed by atoms with Crippen molar-refractivity contribution < 1.29 is 35.9 Å². The number of benzene rings is 2. The minimum absolute atomic E-state index is 0.000622. The molecule has 0 bridgehead atoms. The third-order valence-electron chi connectivity index (χ3n) is 5.44. The molecule has 0 atom stereocenters. The summed E-state index contributed by atoms with van der Waals surface area (Å²) in [4.78, 5) is 23.4. The van der Waals surface area contributed by atoms with E-state index in [0.717, 1.165) is 13.1 Å². The molecule has 0 fully saturated rings. The van der Waals surface area contributed by atoms with E-state index >= 15 is 4.39 Å². The zero-order valence-electron chi connectivity index (χ0n) is 20.9. The van der Waals surface area contributed by atoms with E-state index in [2.05, 4.69) is 5.32 Å². The van der Waals surface area contributed by atoms with E-state index < -0.39 is 59.1 Å². The third kappa shape index (κ3) is 6.07. The monoisotopic (exact) mass is 554 g/mol. The fraction of sp³-hybridized carbons (Fsp3) is 0.348. The smallest absolute Gasteiger partial charge is 0.337 e. The van der Waals surface area contributed by atoms with Crippen LogP contribution in [-0.4, -0.2) is 41.0 Å². The van der Waals surface area contributed by atoms with E-state index in [1.54, 1.807) is 38.5 Å². The number of anilines is 1. The second kappa shape index (κ2) is 10.8. The van der Waals surface area contributed by atoms with Crippen LogP contribution in [0.2, 0.25) is 0 Å². The van der Waals surface area contributed by atoms with Gasteiger partial charge in [-0.3, -0.25) is 0 Å². The van der Waals surface area contributed by atoms with Gasteiger partial charge in [-0.05, 0) is 55.1 Å². The van der Waals surface area contributed by atoms with Gasteiger partial charge in [-0.2, -0.15) is 5.26 Å².